The molecule has 2 saturated heterocycles. The van der Waals surface area contributed by atoms with Crippen LogP contribution in [0.2, 0.25) is 18.1 Å². The molecule has 0 saturated carbocycles. The summed E-state index contributed by atoms with van der Waals surface area (Å²) in [5.74, 6) is 9.48. The van der Waals surface area contributed by atoms with Crippen LogP contribution in [0.3, 0.4) is 0 Å². The second-order valence-electron chi connectivity index (χ2n) is 14.5. The first-order chi connectivity index (χ1) is 21.0. The molecule has 2 aliphatic heterocycles. The summed E-state index contributed by atoms with van der Waals surface area (Å²) in [4.78, 5) is 0. The maximum absolute atomic E-state index is 10.8. The Morgan fingerprint density at radius 1 is 0.864 bits per heavy atom. The predicted molar refractivity (Wildman–Crippen MR) is 183 cm³/mol. The summed E-state index contributed by atoms with van der Waals surface area (Å²) in [7, 11) is -0.266. The van der Waals surface area contributed by atoms with E-state index in [9.17, 15) is 5.11 Å². The van der Waals surface area contributed by atoms with Crippen LogP contribution in [-0.2, 0) is 23.4 Å². The van der Waals surface area contributed by atoms with Crippen molar-refractivity contribution in [1.29, 1.82) is 0 Å². The Labute approximate surface area is 272 Å². The van der Waals surface area contributed by atoms with Crippen molar-refractivity contribution in [2.75, 3.05) is 13.9 Å². The maximum Gasteiger partial charge on any atom is 0.192 e. The number of terminal acetylenes is 1. The second kappa shape index (κ2) is 21.1. The molecule has 0 aromatic rings. The van der Waals surface area contributed by atoms with Gasteiger partial charge in [0.05, 0.1) is 30.5 Å². The molecule has 7 unspecified atom stereocenters. The van der Waals surface area contributed by atoms with Crippen LogP contribution in [0.5, 0.6) is 0 Å². The number of hydrogen-bond donors (Lipinski definition) is 1. The Hall–Kier alpha value is -0.903. The van der Waals surface area contributed by atoms with Crippen LogP contribution < -0.4 is 0 Å². The van der Waals surface area contributed by atoms with E-state index in [4.69, 9.17) is 29.8 Å². The first-order valence-corrected chi connectivity index (χ1v) is 20.6. The lowest BCUT2D eigenvalue weighted by molar-refractivity contribution is -0.129. The Kier molecular flexibility index (Phi) is 18.8. The predicted octanol–water partition coefficient (Wildman–Crippen LogP) is 8.55. The fourth-order valence-corrected chi connectivity index (χ4v) is 7.42. The monoisotopic (exact) mass is 634 g/mol. The van der Waals surface area contributed by atoms with Gasteiger partial charge in [-0.25, -0.2) is 0 Å². The normalized spacial score (nSPS) is 24.4. The van der Waals surface area contributed by atoms with Crippen LogP contribution in [0.4, 0.5) is 0 Å². The average Bonchev–Trinajstić information content (AvgIpc) is 3.66. The summed E-state index contributed by atoms with van der Waals surface area (Å²) in [6.07, 6.45) is 22.6. The number of unbranched alkanes of at least 4 members (excludes halogenated alkanes) is 7. The van der Waals surface area contributed by atoms with Gasteiger partial charge < -0.3 is 28.5 Å². The Morgan fingerprint density at radius 3 is 2.07 bits per heavy atom. The smallest absolute Gasteiger partial charge is 0.192 e. The van der Waals surface area contributed by atoms with E-state index in [1.807, 2.05) is 0 Å². The summed E-state index contributed by atoms with van der Waals surface area (Å²) in [5.41, 5.74) is 0. The highest BCUT2D eigenvalue weighted by molar-refractivity contribution is 6.74. The minimum absolute atomic E-state index is 0.0156. The molecule has 0 spiro atoms. The zero-order chi connectivity index (χ0) is 32.4. The first-order valence-electron chi connectivity index (χ1n) is 17.7. The molecule has 0 radical (unpaired) electrons. The highest BCUT2D eigenvalue weighted by Crippen LogP contribution is 2.38. The van der Waals surface area contributed by atoms with Gasteiger partial charge in [0.25, 0.3) is 0 Å². The average molecular weight is 635 g/mol. The van der Waals surface area contributed by atoms with Gasteiger partial charge in [-0.05, 0) is 63.1 Å². The minimum atomic E-state index is -1.89. The molecule has 2 heterocycles. The van der Waals surface area contributed by atoms with Gasteiger partial charge in [-0.2, -0.15) is 0 Å². The lowest BCUT2D eigenvalue weighted by Gasteiger charge is -2.39. The van der Waals surface area contributed by atoms with E-state index in [0.29, 0.717) is 6.42 Å². The molecule has 6 nitrogen and oxygen atoms in total. The van der Waals surface area contributed by atoms with Crippen molar-refractivity contribution in [3.63, 3.8) is 0 Å². The zero-order valence-electron chi connectivity index (χ0n) is 29.3. The molecule has 7 atom stereocenters. The molecule has 1 N–H and O–H groups in total. The molecule has 2 rings (SSSR count). The highest BCUT2D eigenvalue weighted by atomic mass is 28.4. The van der Waals surface area contributed by atoms with Crippen molar-refractivity contribution in [3.8, 4) is 24.2 Å². The number of ether oxygens (including phenoxy) is 4. The third-order valence-corrected chi connectivity index (χ3v) is 14.3. The lowest BCUT2D eigenvalue weighted by Crippen LogP contribution is -2.43. The topological polar surface area (TPSA) is 66.4 Å². The van der Waals surface area contributed by atoms with E-state index in [2.05, 4.69) is 58.6 Å². The van der Waals surface area contributed by atoms with E-state index < -0.39 is 8.32 Å². The third-order valence-electron chi connectivity index (χ3n) is 9.78. The van der Waals surface area contributed by atoms with Gasteiger partial charge in [0.2, 0.25) is 0 Å². The number of hydrogen-bond acceptors (Lipinski definition) is 6. The Morgan fingerprint density at radius 2 is 1.45 bits per heavy atom. The van der Waals surface area contributed by atoms with Crippen LogP contribution in [-0.4, -0.2) is 70.1 Å². The molecule has 2 fully saturated rings. The number of aliphatic hydroxyl groups excluding tert-OH is 1. The van der Waals surface area contributed by atoms with E-state index in [1.54, 1.807) is 7.11 Å². The molecule has 0 bridgehead atoms. The van der Waals surface area contributed by atoms with Gasteiger partial charge in [0.1, 0.15) is 12.9 Å². The van der Waals surface area contributed by atoms with Gasteiger partial charge in [-0.3, -0.25) is 0 Å². The fraction of sp³-hybridized carbons (Fsp3) is 0.892. The Bertz CT molecular complexity index is 868. The summed E-state index contributed by atoms with van der Waals surface area (Å²) < 4.78 is 30.7. The van der Waals surface area contributed by atoms with E-state index >= 15 is 0 Å². The molecule has 254 valence electrons. The van der Waals surface area contributed by atoms with E-state index in [-0.39, 0.29) is 54.6 Å². The van der Waals surface area contributed by atoms with E-state index in [0.717, 1.165) is 57.8 Å². The van der Waals surface area contributed by atoms with Gasteiger partial charge in [-0.15, -0.1) is 18.3 Å². The minimum Gasteiger partial charge on any atom is -0.414 e. The molecule has 0 aliphatic carbocycles. The summed E-state index contributed by atoms with van der Waals surface area (Å²) in [5, 5.41) is 10.9. The van der Waals surface area contributed by atoms with Crippen LogP contribution in [0.1, 0.15) is 137 Å². The van der Waals surface area contributed by atoms with Crippen LogP contribution in [0.25, 0.3) is 0 Å². The van der Waals surface area contributed by atoms with Gasteiger partial charge in [-0.1, -0.05) is 85.0 Å². The standard InChI is InChI=1S/C37H66O6Si/c1-9-11-13-14-15-16-17-18-23-31(38)32-25-26-35(41-32)36-28-27-34(42-36)33(40-29-39-6)24-20-19-22-30(21-12-10-2)43-44(7,8)37(3,4)5/h2,30-36,38H,9,11-19,21-23,25-29H2,1,3-8H3. The van der Waals surface area contributed by atoms with Crippen molar-refractivity contribution in [2.24, 2.45) is 0 Å². The van der Waals surface area contributed by atoms with Crippen LogP contribution >= 0.6 is 0 Å². The summed E-state index contributed by atoms with van der Waals surface area (Å²) in [6.45, 7) is 13.8. The van der Waals surface area contributed by atoms with Crippen molar-refractivity contribution < 1.29 is 28.5 Å². The zero-order valence-corrected chi connectivity index (χ0v) is 30.3. The largest absolute Gasteiger partial charge is 0.414 e. The molecule has 0 aromatic carbocycles. The molecular weight excluding hydrogens is 568 g/mol. The summed E-state index contributed by atoms with van der Waals surface area (Å²) in [6, 6.07) is 0. The van der Waals surface area contributed by atoms with Crippen LogP contribution in [0, 0.1) is 24.2 Å². The fourth-order valence-electron chi connectivity index (χ4n) is 5.99. The third kappa shape index (κ3) is 14.2. The molecule has 0 aromatic heterocycles. The van der Waals surface area contributed by atoms with Gasteiger partial charge >= 0.3 is 0 Å². The molecule has 0 amide bonds. The Balaban J connectivity index is 1.82. The summed E-state index contributed by atoms with van der Waals surface area (Å²) >= 11 is 0. The molecule has 7 heteroatoms. The van der Waals surface area contributed by atoms with Gasteiger partial charge in [0.15, 0.2) is 8.32 Å². The van der Waals surface area contributed by atoms with Gasteiger partial charge in [0, 0.05) is 26.1 Å². The number of methoxy groups -OCH3 is 1. The first kappa shape index (κ1) is 39.3. The van der Waals surface area contributed by atoms with Crippen molar-refractivity contribution in [3.05, 3.63) is 0 Å². The number of aliphatic hydroxyl groups is 1. The molecule has 44 heavy (non-hydrogen) atoms. The quantitative estimate of drug-likeness (QED) is 0.0591. The van der Waals surface area contributed by atoms with Crippen molar-refractivity contribution in [2.45, 2.75) is 198 Å². The molecular formula is C37H66O6Si. The second-order valence-corrected chi connectivity index (χ2v) is 19.3. The van der Waals surface area contributed by atoms with E-state index in [1.165, 1.54) is 44.9 Å². The van der Waals surface area contributed by atoms with Crippen molar-refractivity contribution in [1.82, 2.24) is 0 Å². The molecule has 2 aliphatic rings. The number of rotatable bonds is 21. The van der Waals surface area contributed by atoms with Crippen LogP contribution in [0.15, 0.2) is 0 Å². The highest BCUT2D eigenvalue weighted by Gasteiger charge is 2.41. The maximum atomic E-state index is 10.8. The van der Waals surface area contributed by atoms with Crippen molar-refractivity contribution >= 4 is 8.32 Å². The lowest BCUT2D eigenvalue weighted by atomic mass is 10.0. The SMILES string of the molecule is C#CCCC(CCC#CC(OCOC)C1CCC(C2CCC(C(O)CCCCCCCCCC)O2)O1)O[Si](C)(C)C(C)(C)C.